The van der Waals surface area contributed by atoms with E-state index >= 15 is 0 Å². The van der Waals surface area contributed by atoms with Crippen molar-refractivity contribution in [2.75, 3.05) is 13.2 Å². The maximum Gasteiger partial charge on any atom is 0.405 e. The fraction of sp³-hybridized carbons (Fsp3) is 0.294. The fourth-order valence-electron chi connectivity index (χ4n) is 2.02. The molecule has 2 rings (SSSR count). The zero-order chi connectivity index (χ0) is 18.2. The smallest absolute Gasteiger partial charge is 0.405 e. The van der Waals surface area contributed by atoms with Crippen molar-refractivity contribution in [1.82, 2.24) is 10.3 Å². The van der Waals surface area contributed by atoms with Gasteiger partial charge in [-0.25, -0.2) is 9.78 Å². The minimum absolute atomic E-state index is 0.105. The van der Waals surface area contributed by atoms with Crippen LogP contribution < -0.4 is 10.1 Å². The first-order valence-electron chi connectivity index (χ1n) is 7.52. The summed E-state index contributed by atoms with van der Waals surface area (Å²) in [5.41, 5.74) is 1.80. The Hall–Kier alpha value is -1.64. The van der Waals surface area contributed by atoms with Crippen molar-refractivity contribution < 1.29 is 19.4 Å². The molecule has 8 heteroatoms. The molecule has 0 saturated heterocycles. The van der Waals surface area contributed by atoms with Crippen molar-refractivity contribution in [1.29, 1.82) is 0 Å². The lowest BCUT2D eigenvalue weighted by Gasteiger charge is -2.18. The molecule has 25 heavy (non-hydrogen) atoms. The molecular weight excluding hydrogens is 456 g/mol. The molecule has 0 bridgehead atoms. The first kappa shape index (κ1) is 19.7. The average molecular weight is 474 g/mol. The molecule has 1 heterocycles. The minimum atomic E-state index is -1.13. The normalized spacial score (nSPS) is 11.8. The number of carbonyl (C=O) groups is 1. The number of aromatic nitrogens is 1. The highest BCUT2D eigenvalue weighted by molar-refractivity contribution is 9.11. The largest absolute Gasteiger partial charge is 0.475 e. The van der Waals surface area contributed by atoms with Gasteiger partial charge in [0.2, 0.25) is 5.88 Å². The van der Waals surface area contributed by atoms with Crippen molar-refractivity contribution in [3.63, 3.8) is 0 Å². The van der Waals surface area contributed by atoms with Crippen LogP contribution in [0.2, 0.25) is 0 Å². The number of ether oxygens (including phenoxy) is 2. The highest BCUT2D eigenvalue weighted by Gasteiger charge is 2.15. The third-order valence-electron chi connectivity index (χ3n) is 3.25. The third kappa shape index (κ3) is 6.64. The van der Waals surface area contributed by atoms with E-state index in [1.54, 1.807) is 0 Å². The van der Waals surface area contributed by atoms with Crippen molar-refractivity contribution in [3.8, 4) is 5.88 Å². The van der Waals surface area contributed by atoms with E-state index in [1.165, 1.54) is 0 Å². The summed E-state index contributed by atoms with van der Waals surface area (Å²) in [5.74, 6) is 0.404. The van der Waals surface area contributed by atoms with Crippen LogP contribution in [0, 0.1) is 6.92 Å². The number of rotatable bonds is 8. The van der Waals surface area contributed by atoms with Crippen LogP contribution in [0.25, 0.3) is 0 Å². The van der Waals surface area contributed by atoms with Gasteiger partial charge in [0.1, 0.15) is 6.61 Å². The molecule has 2 aromatic rings. The molecule has 1 amide bonds. The predicted molar refractivity (Wildman–Crippen MR) is 101 cm³/mol. The lowest BCUT2D eigenvalue weighted by atomic mass is 10.2. The number of pyridine rings is 1. The van der Waals surface area contributed by atoms with E-state index in [1.807, 2.05) is 43.3 Å². The number of nitrogens with one attached hydrogen (secondary N) is 1. The maximum absolute atomic E-state index is 11.0. The number of carboxylic acid groups (broad SMARTS) is 1. The summed E-state index contributed by atoms with van der Waals surface area (Å²) in [4.78, 5) is 15.3. The van der Waals surface area contributed by atoms with Crippen LogP contribution >= 0.6 is 31.9 Å². The lowest BCUT2D eigenvalue weighted by molar-refractivity contribution is 0.0800. The molecule has 1 atom stereocenters. The van der Waals surface area contributed by atoms with Gasteiger partial charge in [0.05, 0.1) is 29.4 Å². The lowest BCUT2D eigenvalue weighted by Crippen LogP contribution is -2.41. The van der Waals surface area contributed by atoms with Gasteiger partial charge in [-0.3, -0.25) is 0 Å². The third-order valence-corrected chi connectivity index (χ3v) is 4.62. The molecule has 1 aromatic heterocycles. The van der Waals surface area contributed by atoms with Crippen LogP contribution in [0.5, 0.6) is 5.88 Å². The number of nitrogens with zero attached hydrogens (tertiary/aromatic N) is 1. The summed E-state index contributed by atoms with van der Waals surface area (Å²) in [5, 5.41) is 11.4. The second-order valence-corrected chi connectivity index (χ2v) is 7.01. The van der Waals surface area contributed by atoms with Gasteiger partial charge in [-0.15, -0.1) is 0 Å². The van der Waals surface area contributed by atoms with E-state index in [-0.39, 0.29) is 13.2 Å². The average Bonchev–Trinajstić information content (AvgIpc) is 2.57. The van der Waals surface area contributed by atoms with Crippen LogP contribution in [0.1, 0.15) is 11.3 Å². The number of hydrogen-bond donors (Lipinski definition) is 2. The van der Waals surface area contributed by atoms with Crippen LogP contribution in [0.3, 0.4) is 0 Å². The number of benzene rings is 1. The van der Waals surface area contributed by atoms with Gasteiger partial charge in [-0.05, 0) is 50.4 Å². The molecule has 0 aliphatic rings. The van der Waals surface area contributed by atoms with Gasteiger partial charge in [-0.1, -0.05) is 30.3 Å². The molecule has 134 valence electrons. The first-order chi connectivity index (χ1) is 12.0. The molecule has 0 fully saturated rings. The topological polar surface area (TPSA) is 80.7 Å². The Labute approximate surface area is 162 Å². The molecular formula is C17H18Br2N2O4. The zero-order valence-corrected chi connectivity index (χ0v) is 16.7. The van der Waals surface area contributed by atoms with Gasteiger partial charge in [0, 0.05) is 4.47 Å². The van der Waals surface area contributed by atoms with E-state index in [2.05, 4.69) is 42.2 Å². The van der Waals surface area contributed by atoms with Gasteiger partial charge in [0.15, 0.2) is 0 Å². The molecule has 0 aliphatic carbocycles. The fourth-order valence-corrected chi connectivity index (χ4v) is 3.07. The Morgan fingerprint density at radius 2 is 1.96 bits per heavy atom. The molecule has 0 aliphatic heterocycles. The highest BCUT2D eigenvalue weighted by Crippen LogP contribution is 2.28. The zero-order valence-electron chi connectivity index (χ0n) is 13.5. The van der Waals surface area contributed by atoms with Crippen LogP contribution in [0.4, 0.5) is 4.79 Å². The number of aryl methyl sites for hydroxylation is 1. The summed E-state index contributed by atoms with van der Waals surface area (Å²) in [6, 6.07) is 11.0. The van der Waals surface area contributed by atoms with Crippen LogP contribution in [0.15, 0.2) is 45.3 Å². The molecule has 1 aromatic carbocycles. The molecule has 0 radical (unpaired) electrons. The first-order valence-corrected chi connectivity index (χ1v) is 9.11. The Balaban J connectivity index is 1.91. The summed E-state index contributed by atoms with van der Waals surface area (Å²) in [6.07, 6.45) is -1.13. The van der Waals surface area contributed by atoms with E-state index in [0.717, 1.165) is 15.7 Å². The van der Waals surface area contributed by atoms with Crippen molar-refractivity contribution in [2.24, 2.45) is 0 Å². The molecule has 2 N–H and O–H groups in total. The monoisotopic (exact) mass is 472 g/mol. The van der Waals surface area contributed by atoms with Crippen molar-refractivity contribution in [3.05, 3.63) is 56.6 Å². The van der Waals surface area contributed by atoms with Gasteiger partial charge in [0.25, 0.3) is 0 Å². The second kappa shape index (κ2) is 9.74. The summed E-state index contributed by atoms with van der Waals surface area (Å²) >= 11 is 6.77. The van der Waals surface area contributed by atoms with Gasteiger partial charge < -0.3 is 19.9 Å². The van der Waals surface area contributed by atoms with Crippen LogP contribution in [-0.2, 0) is 11.3 Å². The minimum Gasteiger partial charge on any atom is -0.475 e. The highest BCUT2D eigenvalue weighted by atomic mass is 79.9. The van der Waals surface area contributed by atoms with Gasteiger partial charge >= 0.3 is 6.09 Å². The Morgan fingerprint density at radius 3 is 2.64 bits per heavy atom. The second-order valence-electron chi connectivity index (χ2n) is 5.30. The van der Waals surface area contributed by atoms with E-state index < -0.39 is 12.1 Å². The molecule has 6 nitrogen and oxygen atoms in total. The van der Waals surface area contributed by atoms with Crippen molar-refractivity contribution >= 4 is 38.0 Å². The molecule has 0 spiro atoms. The Morgan fingerprint density at radius 1 is 1.24 bits per heavy atom. The van der Waals surface area contributed by atoms with E-state index in [0.29, 0.717) is 17.0 Å². The number of hydrogen-bond acceptors (Lipinski definition) is 4. The maximum atomic E-state index is 11.0. The number of halogens is 2. The predicted octanol–water partition coefficient (Wildman–Crippen LogP) is 4.15. The SMILES string of the molecule is Cc1nc(OCC(COCc2ccccc2)NC(=O)O)c(Br)cc1Br. The van der Waals surface area contributed by atoms with Crippen LogP contribution in [-0.4, -0.2) is 35.4 Å². The Bertz CT molecular complexity index is 713. The van der Waals surface area contributed by atoms with Crippen molar-refractivity contribution in [2.45, 2.75) is 19.6 Å². The van der Waals surface area contributed by atoms with Gasteiger partial charge in [-0.2, -0.15) is 0 Å². The number of amides is 1. The Kier molecular flexibility index (Phi) is 7.67. The summed E-state index contributed by atoms with van der Waals surface area (Å²) in [6.45, 7) is 2.54. The summed E-state index contributed by atoms with van der Waals surface area (Å²) < 4.78 is 12.8. The molecule has 0 saturated carbocycles. The molecule has 1 unspecified atom stereocenters. The van der Waals surface area contributed by atoms with E-state index in [4.69, 9.17) is 14.6 Å². The van der Waals surface area contributed by atoms with E-state index in [9.17, 15) is 4.79 Å². The standard InChI is InChI=1S/C17H18Br2N2O4/c1-11-14(18)7-15(19)16(20-11)25-10-13(21-17(22)23)9-24-8-12-5-3-2-4-6-12/h2-7,13,21H,8-10H2,1H3,(H,22,23). The quantitative estimate of drug-likeness (QED) is 0.602. The summed E-state index contributed by atoms with van der Waals surface area (Å²) in [7, 11) is 0.